The molecule has 1 atom stereocenters. The van der Waals surface area contributed by atoms with Crippen LogP contribution in [0.2, 0.25) is 0 Å². The maximum absolute atomic E-state index is 9.71. The summed E-state index contributed by atoms with van der Waals surface area (Å²) in [7, 11) is 0. The average molecular weight is 334 g/mol. The lowest BCUT2D eigenvalue weighted by Crippen LogP contribution is -2.17. The van der Waals surface area contributed by atoms with Crippen molar-refractivity contribution in [2.24, 2.45) is 0 Å². The van der Waals surface area contributed by atoms with Gasteiger partial charge in [0.05, 0.1) is 6.10 Å². The first-order valence-corrected chi connectivity index (χ1v) is 7.64. The molecule has 3 heteroatoms. The van der Waals surface area contributed by atoms with Crippen LogP contribution in [0.15, 0.2) is 46.9 Å². The van der Waals surface area contributed by atoms with Gasteiger partial charge in [-0.15, -0.1) is 0 Å². The van der Waals surface area contributed by atoms with E-state index < -0.39 is 6.10 Å². The number of aliphatic hydroxyl groups excluding tert-OH is 1. The summed E-state index contributed by atoms with van der Waals surface area (Å²) in [6, 6.07) is 14.5. The molecule has 0 aromatic heterocycles. The molecule has 0 spiro atoms. The second-order valence-corrected chi connectivity index (χ2v) is 5.77. The molecule has 0 radical (unpaired) electrons. The minimum Gasteiger partial charge on any atom is -0.389 e. The van der Waals surface area contributed by atoms with Gasteiger partial charge in [-0.2, -0.15) is 0 Å². The Balaban J connectivity index is 2.43. The molecular formula is C17H20BrNO. The van der Waals surface area contributed by atoms with E-state index in [2.05, 4.69) is 71.1 Å². The number of anilines is 2. The van der Waals surface area contributed by atoms with E-state index in [1.165, 1.54) is 11.3 Å². The molecule has 0 saturated carbocycles. The number of halogens is 1. The predicted octanol–water partition coefficient (Wildman–Crippen LogP) is 4.97. The van der Waals surface area contributed by atoms with Gasteiger partial charge in [0.2, 0.25) is 0 Å². The quantitative estimate of drug-likeness (QED) is 0.853. The highest BCUT2D eigenvalue weighted by molar-refractivity contribution is 9.10. The Morgan fingerprint density at radius 1 is 1.20 bits per heavy atom. The molecule has 0 saturated heterocycles. The lowest BCUT2D eigenvalue weighted by Gasteiger charge is -2.26. The summed E-state index contributed by atoms with van der Waals surface area (Å²) in [4.78, 5) is 2.27. The standard InChI is InChI=1S/C17H20BrNO/c1-4-19(17-8-6-5-7-12(17)2)14-9-10-15(13(3)20)16(18)11-14/h5-11,13,20H,4H2,1-3H3. The molecule has 106 valence electrons. The average Bonchev–Trinajstić information content (AvgIpc) is 2.41. The molecule has 0 aliphatic rings. The molecular weight excluding hydrogens is 314 g/mol. The van der Waals surface area contributed by atoms with E-state index in [1.807, 2.05) is 6.07 Å². The molecule has 0 heterocycles. The van der Waals surface area contributed by atoms with Crippen LogP contribution in [0.3, 0.4) is 0 Å². The first-order chi connectivity index (χ1) is 9.54. The zero-order valence-electron chi connectivity index (χ0n) is 12.1. The van der Waals surface area contributed by atoms with Gasteiger partial charge in [-0.3, -0.25) is 0 Å². The van der Waals surface area contributed by atoms with Crippen LogP contribution in [0.5, 0.6) is 0 Å². The molecule has 0 aliphatic carbocycles. The van der Waals surface area contributed by atoms with Crippen LogP contribution in [0.25, 0.3) is 0 Å². The van der Waals surface area contributed by atoms with Gasteiger partial charge in [0, 0.05) is 22.4 Å². The molecule has 2 aromatic carbocycles. The van der Waals surface area contributed by atoms with Crippen LogP contribution in [0, 0.1) is 6.92 Å². The number of benzene rings is 2. The number of rotatable bonds is 4. The molecule has 0 fully saturated rings. The maximum Gasteiger partial charge on any atom is 0.0772 e. The van der Waals surface area contributed by atoms with E-state index in [1.54, 1.807) is 6.92 Å². The molecule has 1 unspecified atom stereocenters. The van der Waals surface area contributed by atoms with Crippen molar-refractivity contribution in [1.82, 2.24) is 0 Å². The van der Waals surface area contributed by atoms with E-state index in [0.717, 1.165) is 22.3 Å². The van der Waals surface area contributed by atoms with Gasteiger partial charge >= 0.3 is 0 Å². The normalized spacial score (nSPS) is 12.2. The monoisotopic (exact) mass is 333 g/mol. The van der Waals surface area contributed by atoms with Crippen molar-refractivity contribution in [2.45, 2.75) is 26.9 Å². The third-order valence-electron chi connectivity index (χ3n) is 3.47. The number of aryl methyl sites for hydroxylation is 1. The van der Waals surface area contributed by atoms with Crippen LogP contribution in [-0.4, -0.2) is 11.7 Å². The second-order valence-electron chi connectivity index (χ2n) is 4.91. The Hall–Kier alpha value is -1.32. The fraction of sp³-hybridized carbons (Fsp3) is 0.294. The van der Waals surface area contributed by atoms with Crippen LogP contribution in [0.4, 0.5) is 11.4 Å². The molecule has 0 amide bonds. The summed E-state index contributed by atoms with van der Waals surface area (Å²) in [5, 5.41) is 9.71. The number of para-hydroxylation sites is 1. The molecule has 20 heavy (non-hydrogen) atoms. The molecule has 2 rings (SSSR count). The van der Waals surface area contributed by atoms with Gasteiger partial charge in [0.15, 0.2) is 0 Å². The van der Waals surface area contributed by atoms with Crippen LogP contribution in [-0.2, 0) is 0 Å². The zero-order valence-corrected chi connectivity index (χ0v) is 13.7. The molecule has 1 N–H and O–H groups in total. The Labute approximate surface area is 129 Å². The van der Waals surface area contributed by atoms with Crippen molar-refractivity contribution >= 4 is 27.3 Å². The lowest BCUT2D eigenvalue weighted by atomic mass is 10.1. The highest BCUT2D eigenvalue weighted by Gasteiger charge is 2.12. The minimum absolute atomic E-state index is 0.466. The lowest BCUT2D eigenvalue weighted by molar-refractivity contribution is 0.198. The molecule has 0 bridgehead atoms. The first-order valence-electron chi connectivity index (χ1n) is 6.85. The van der Waals surface area contributed by atoms with E-state index in [-0.39, 0.29) is 0 Å². The topological polar surface area (TPSA) is 23.5 Å². The van der Waals surface area contributed by atoms with Crippen molar-refractivity contribution in [2.75, 3.05) is 11.4 Å². The second kappa shape index (κ2) is 6.42. The fourth-order valence-corrected chi connectivity index (χ4v) is 3.08. The van der Waals surface area contributed by atoms with E-state index in [9.17, 15) is 5.11 Å². The van der Waals surface area contributed by atoms with Gasteiger partial charge in [-0.1, -0.05) is 40.2 Å². The minimum atomic E-state index is -0.466. The van der Waals surface area contributed by atoms with Crippen molar-refractivity contribution < 1.29 is 5.11 Å². The number of nitrogens with zero attached hydrogens (tertiary/aromatic N) is 1. The Bertz CT molecular complexity index is 595. The Morgan fingerprint density at radius 2 is 1.90 bits per heavy atom. The van der Waals surface area contributed by atoms with Gasteiger partial charge in [-0.05, 0) is 50.1 Å². The Morgan fingerprint density at radius 3 is 2.45 bits per heavy atom. The van der Waals surface area contributed by atoms with Crippen molar-refractivity contribution in [3.05, 3.63) is 58.1 Å². The summed E-state index contributed by atoms with van der Waals surface area (Å²) < 4.78 is 0.942. The summed E-state index contributed by atoms with van der Waals surface area (Å²) in [6.07, 6.45) is -0.466. The fourth-order valence-electron chi connectivity index (χ4n) is 2.38. The largest absolute Gasteiger partial charge is 0.389 e. The predicted molar refractivity (Wildman–Crippen MR) is 88.6 cm³/mol. The molecule has 2 aromatic rings. The van der Waals surface area contributed by atoms with Crippen LogP contribution in [0.1, 0.15) is 31.1 Å². The maximum atomic E-state index is 9.71. The molecule has 0 aliphatic heterocycles. The first kappa shape index (κ1) is 15.1. The van der Waals surface area contributed by atoms with Gasteiger partial charge < -0.3 is 10.0 Å². The SMILES string of the molecule is CCN(c1ccc(C(C)O)c(Br)c1)c1ccccc1C. The van der Waals surface area contributed by atoms with E-state index in [4.69, 9.17) is 0 Å². The highest BCUT2D eigenvalue weighted by Crippen LogP contribution is 2.33. The zero-order chi connectivity index (χ0) is 14.7. The Kier molecular flexibility index (Phi) is 4.84. The third kappa shape index (κ3) is 3.05. The van der Waals surface area contributed by atoms with E-state index in [0.29, 0.717) is 0 Å². The van der Waals surface area contributed by atoms with Crippen molar-refractivity contribution in [3.63, 3.8) is 0 Å². The summed E-state index contributed by atoms with van der Waals surface area (Å²) >= 11 is 3.55. The molecule has 2 nitrogen and oxygen atoms in total. The van der Waals surface area contributed by atoms with Gasteiger partial charge in [0.1, 0.15) is 0 Å². The number of aliphatic hydroxyl groups is 1. The summed E-state index contributed by atoms with van der Waals surface area (Å²) in [5.74, 6) is 0. The van der Waals surface area contributed by atoms with Gasteiger partial charge in [-0.25, -0.2) is 0 Å². The summed E-state index contributed by atoms with van der Waals surface area (Å²) in [6.45, 7) is 6.93. The number of hydrogen-bond donors (Lipinski definition) is 1. The van der Waals surface area contributed by atoms with Crippen molar-refractivity contribution in [3.8, 4) is 0 Å². The van der Waals surface area contributed by atoms with Crippen molar-refractivity contribution in [1.29, 1.82) is 0 Å². The van der Waals surface area contributed by atoms with Crippen LogP contribution < -0.4 is 4.90 Å². The number of hydrogen-bond acceptors (Lipinski definition) is 2. The summed E-state index contributed by atoms with van der Waals surface area (Å²) in [5.41, 5.74) is 4.50. The van der Waals surface area contributed by atoms with Gasteiger partial charge in [0.25, 0.3) is 0 Å². The highest BCUT2D eigenvalue weighted by atomic mass is 79.9. The van der Waals surface area contributed by atoms with E-state index >= 15 is 0 Å². The smallest absolute Gasteiger partial charge is 0.0772 e. The third-order valence-corrected chi connectivity index (χ3v) is 4.16. The van der Waals surface area contributed by atoms with Crippen LogP contribution >= 0.6 is 15.9 Å².